The quantitative estimate of drug-likeness (QED) is 0.390. The van der Waals surface area contributed by atoms with Gasteiger partial charge >= 0.3 is 6.03 Å². The summed E-state index contributed by atoms with van der Waals surface area (Å²) in [6.45, 7) is 4.96. The molecule has 8 heteroatoms. The number of amides is 2. The first-order valence-electron chi connectivity index (χ1n) is 12.7. The first kappa shape index (κ1) is 24.5. The highest BCUT2D eigenvalue weighted by molar-refractivity contribution is 7.13. The molecule has 3 aromatic rings. The smallest absolute Gasteiger partial charge is 0.320 e. The number of piperazine rings is 1. The van der Waals surface area contributed by atoms with E-state index in [1.807, 2.05) is 57.8 Å². The molecule has 2 aromatic heterocycles. The van der Waals surface area contributed by atoms with Gasteiger partial charge < -0.3 is 20.9 Å². The van der Waals surface area contributed by atoms with Crippen LogP contribution in [0.1, 0.15) is 34.5 Å². The fraction of sp³-hybridized carbons (Fsp3) is 0.393. The van der Waals surface area contributed by atoms with Gasteiger partial charge in [-0.05, 0) is 71.5 Å². The van der Waals surface area contributed by atoms with E-state index in [0.29, 0.717) is 17.3 Å². The third-order valence-electron chi connectivity index (χ3n) is 7.21. The Labute approximate surface area is 216 Å². The van der Waals surface area contributed by atoms with Crippen LogP contribution in [0.2, 0.25) is 0 Å². The van der Waals surface area contributed by atoms with Gasteiger partial charge in [0.25, 0.3) is 0 Å². The zero-order valence-corrected chi connectivity index (χ0v) is 21.3. The predicted octanol–water partition coefficient (Wildman–Crippen LogP) is 4.10. The first-order valence-corrected chi connectivity index (χ1v) is 13.6. The Morgan fingerprint density at radius 3 is 2.50 bits per heavy atom. The summed E-state index contributed by atoms with van der Waals surface area (Å²) in [5.41, 5.74) is 10.3. The number of hydrogen-bond acceptors (Lipinski definition) is 6. The highest BCUT2D eigenvalue weighted by Gasteiger charge is 2.27. The monoisotopic (exact) mass is 503 g/mol. The molecule has 0 spiro atoms. The summed E-state index contributed by atoms with van der Waals surface area (Å²) in [5, 5.41) is 5.33. The van der Waals surface area contributed by atoms with Gasteiger partial charge in [0.2, 0.25) is 0 Å². The molecule has 2 aliphatic rings. The maximum absolute atomic E-state index is 12.9. The highest BCUT2D eigenvalue weighted by atomic mass is 32.1. The zero-order chi connectivity index (χ0) is 24.9. The fourth-order valence-corrected chi connectivity index (χ4v) is 5.77. The molecule has 0 aliphatic carbocycles. The average molecular weight is 504 g/mol. The second-order valence-corrected chi connectivity index (χ2v) is 10.6. The standard InChI is InChI=1S/C28H33N5O2S/c29-24-5-4-22(27-2-1-15-36-27)17-23(24)18-26(34)25-6-3-21(19-31-25)16-20-7-11-32(12-8-20)28(35)33-13-9-30-10-14-33/h1-6,15,17,19-20,30H,7-14,16,18,29H2. The number of benzene rings is 1. The molecule has 1 aromatic carbocycles. The lowest BCUT2D eigenvalue weighted by Gasteiger charge is -2.37. The van der Waals surface area contributed by atoms with Crippen molar-refractivity contribution in [1.82, 2.24) is 20.1 Å². The number of nitrogens with one attached hydrogen (secondary N) is 1. The Hall–Kier alpha value is -3.23. The number of carbonyl (C=O) groups is 2. The van der Waals surface area contributed by atoms with Crippen LogP contribution in [-0.2, 0) is 12.8 Å². The molecular weight excluding hydrogens is 470 g/mol. The number of hydrogen-bond donors (Lipinski definition) is 2. The van der Waals surface area contributed by atoms with Gasteiger partial charge in [0.05, 0.1) is 0 Å². The first-order chi connectivity index (χ1) is 17.6. The Balaban J connectivity index is 1.14. The predicted molar refractivity (Wildman–Crippen MR) is 144 cm³/mol. The van der Waals surface area contributed by atoms with Crippen LogP contribution in [0.25, 0.3) is 10.4 Å². The summed E-state index contributed by atoms with van der Waals surface area (Å²) < 4.78 is 0. The van der Waals surface area contributed by atoms with Crippen molar-refractivity contribution in [3.63, 3.8) is 0 Å². The molecule has 7 nitrogen and oxygen atoms in total. The lowest BCUT2D eigenvalue weighted by Crippen LogP contribution is -2.53. The molecule has 4 heterocycles. The molecule has 3 N–H and O–H groups in total. The number of aromatic nitrogens is 1. The van der Waals surface area contributed by atoms with E-state index in [2.05, 4.69) is 16.4 Å². The number of piperidine rings is 1. The van der Waals surface area contributed by atoms with Gasteiger partial charge in [-0.2, -0.15) is 0 Å². The number of likely N-dealkylation sites (tertiary alicyclic amines) is 1. The number of ketones is 1. The van der Waals surface area contributed by atoms with E-state index in [0.717, 1.165) is 80.1 Å². The average Bonchev–Trinajstić information content (AvgIpc) is 3.46. The molecule has 188 valence electrons. The number of nitrogen functional groups attached to an aromatic ring is 1. The molecule has 0 saturated carbocycles. The van der Waals surface area contributed by atoms with E-state index in [1.165, 1.54) is 0 Å². The number of pyridine rings is 1. The number of rotatable bonds is 6. The molecule has 2 amide bonds. The van der Waals surface area contributed by atoms with Gasteiger partial charge in [-0.1, -0.05) is 18.2 Å². The van der Waals surface area contributed by atoms with E-state index in [4.69, 9.17) is 5.73 Å². The zero-order valence-electron chi connectivity index (χ0n) is 20.5. The van der Waals surface area contributed by atoms with Gasteiger partial charge in [0.15, 0.2) is 5.78 Å². The topological polar surface area (TPSA) is 91.6 Å². The minimum absolute atomic E-state index is 0.0312. The summed E-state index contributed by atoms with van der Waals surface area (Å²) >= 11 is 1.67. The Morgan fingerprint density at radius 1 is 1.03 bits per heavy atom. The number of urea groups is 1. The molecule has 2 saturated heterocycles. The molecule has 0 unspecified atom stereocenters. The van der Waals surface area contributed by atoms with Crippen molar-refractivity contribution >= 4 is 28.8 Å². The van der Waals surface area contributed by atoms with Crippen LogP contribution in [0.4, 0.5) is 10.5 Å². The summed E-state index contributed by atoms with van der Waals surface area (Å²) in [6, 6.07) is 14.0. The molecule has 0 radical (unpaired) electrons. The summed E-state index contributed by atoms with van der Waals surface area (Å²) in [7, 11) is 0. The lowest BCUT2D eigenvalue weighted by atomic mass is 9.90. The Morgan fingerprint density at radius 2 is 1.81 bits per heavy atom. The van der Waals surface area contributed by atoms with E-state index in [9.17, 15) is 9.59 Å². The van der Waals surface area contributed by atoms with Gasteiger partial charge in [0, 0.05) is 62.5 Å². The molecule has 0 atom stereocenters. The van der Waals surface area contributed by atoms with Crippen LogP contribution in [0, 0.1) is 5.92 Å². The SMILES string of the molecule is Nc1ccc(-c2cccs2)cc1CC(=O)c1ccc(CC2CCN(C(=O)N3CCNCC3)CC2)cn1. The lowest BCUT2D eigenvalue weighted by molar-refractivity contribution is 0.0988. The number of thiophene rings is 1. The number of carbonyl (C=O) groups excluding carboxylic acids is 2. The van der Waals surface area contributed by atoms with Crippen molar-refractivity contribution in [3.8, 4) is 10.4 Å². The maximum Gasteiger partial charge on any atom is 0.320 e. The van der Waals surface area contributed by atoms with Gasteiger partial charge in [-0.25, -0.2) is 4.79 Å². The maximum atomic E-state index is 12.9. The Bertz CT molecular complexity index is 1180. The minimum atomic E-state index is -0.0312. The minimum Gasteiger partial charge on any atom is -0.398 e. The molecule has 0 bridgehead atoms. The van der Waals surface area contributed by atoms with Crippen LogP contribution in [0.15, 0.2) is 54.0 Å². The largest absolute Gasteiger partial charge is 0.398 e. The fourth-order valence-electron chi connectivity index (χ4n) is 5.05. The second-order valence-electron chi connectivity index (χ2n) is 9.70. The van der Waals surface area contributed by atoms with E-state index < -0.39 is 0 Å². The molecular formula is C28H33N5O2S. The second kappa shape index (κ2) is 11.2. The number of nitrogens with two attached hydrogens (primary N) is 1. The molecule has 36 heavy (non-hydrogen) atoms. The van der Waals surface area contributed by atoms with Crippen molar-refractivity contribution in [3.05, 3.63) is 70.9 Å². The number of Topliss-reactive ketones (excluding diaryl/α,β-unsaturated/α-hetero) is 1. The Kier molecular flexibility index (Phi) is 7.63. The van der Waals surface area contributed by atoms with Gasteiger partial charge in [-0.3, -0.25) is 9.78 Å². The van der Waals surface area contributed by atoms with Crippen LogP contribution in [-0.4, -0.2) is 65.9 Å². The van der Waals surface area contributed by atoms with Crippen molar-refractivity contribution in [2.75, 3.05) is 45.0 Å². The van der Waals surface area contributed by atoms with E-state index in [-0.39, 0.29) is 18.2 Å². The van der Waals surface area contributed by atoms with Crippen molar-refractivity contribution in [2.24, 2.45) is 5.92 Å². The van der Waals surface area contributed by atoms with Crippen molar-refractivity contribution in [2.45, 2.75) is 25.7 Å². The molecule has 2 fully saturated rings. The third kappa shape index (κ3) is 5.77. The third-order valence-corrected chi connectivity index (χ3v) is 8.13. The van der Waals surface area contributed by atoms with Gasteiger partial charge in [-0.15, -0.1) is 11.3 Å². The molecule has 2 aliphatic heterocycles. The normalized spacial score (nSPS) is 16.8. The summed E-state index contributed by atoms with van der Waals surface area (Å²) in [6.07, 6.45) is 4.98. The van der Waals surface area contributed by atoms with Crippen LogP contribution >= 0.6 is 11.3 Å². The summed E-state index contributed by atoms with van der Waals surface area (Å²) in [4.78, 5) is 35.3. The number of nitrogens with zero attached hydrogens (tertiary/aromatic N) is 3. The van der Waals surface area contributed by atoms with Crippen LogP contribution in [0.5, 0.6) is 0 Å². The number of anilines is 1. The molecule has 5 rings (SSSR count). The highest BCUT2D eigenvalue weighted by Crippen LogP contribution is 2.28. The van der Waals surface area contributed by atoms with E-state index >= 15 is 0 Å². The van der Waals surface area contributed by atoms with Crippen LogP contribution < -0.4 is 11.1 Å². The van der Waals surface area contributed by atoms with Crippen molar-refractivity contribution < 1.29 is 9.59 Å². The van der Waals surface area contributed by atoms with E-state index in [1.54, 1.807) is 11.3 Å². The van der Waals surface area contributed by atoms with Crippen molar-refractivity contribution in [1.29, 1.82) is 0 Å². The van der Waals surface area contributed by atoms with Gasteiger partial charge in [0.1, 0.15) is 5.69 Å². The summed E-state index contributed by atoms with van der Waals surface area (Å²) in [5.74, 6) is 0.497. The van der Waals surface area contributed by atoms with Crippen LogP contribution in [0.3, 0.4) is 0 Å².